The lowest BCUT2D eigenvalue weighted by molar-refractivity contribution is 0.610. The van der Waals surface area contributed by atoms with Crippen LogP contribution in [-0.4, -0.2) is 9.78 Å². The lowest BCUT2D eigenvalue weighted by atomic mass is 10.1. The Kier molecular flexibility index (Phi) is 1.88. The first-order chi connectivity index (χ1) is 7.69. The zero-order chi connectivity index (χ0) is 11.2. The Morgan fingerprint density at radius 1 is 1.31 bits per heavy atom. The molecular weight excluding hydrogens is 205 g/mol. The standard InChI is InChI=1S/C12H12FN3/c13-10-3-1-2-4-11(10)16-8-9(7-15-16)12(14)5-6-12/h1-4,7-8H,5-6,14H2. The smallest absolute Gasteiger partial charge is 0.148 e. The third kappa shape index (κ3) is 1.42. The number of rotatable bonds is 2. The lowest BCUT2D eigenvalue weighted by Gasteiger charge is -2.04. The van der Waals surface area contributed by atoms with E-state index in [1.165, 1.54) is 10.7 Å². The van der Waals surface area contributed by atoms with Crippen LogP contribution in [0.25, 0.3) is 5.69 Å². The molecule has 1 saturated carbocycles. The highest BCUT2D eigenvalue weighted by Gasteiger charge is 2.41. The van der Waals surface area contributed by atoms with E-state index in [0.29, 0.717) is 5.69 Å². The summed E-state index contributed by atoms with van der Waals surface area (Å²) in [4.78, 5) is 0. The van der Waals surface area contributed by atoms with Crippen LogP contribution in [0.4, 0.5) is 4.39 Å². The topological polar surface area (TPSA) is 43.8 Å². The minimum absolute atomic E-state index is 0.219. The molecule has 1 aromatic heterocycles. The van der Waals surface area contributed by atoms with E-state index in [-0.39, 0.29) is 11.4 Å². The molecule has 16 heavy (non-hydrogen) atoms. The number of aromatic nitrogens is 2. The summed E-state index contributed by atoms with van der Waals surface area (Å²) < 4.78 is 15.0. The molecule has 1 heterocycles. The molecule has 4 heteroatoms. The van der Waals surface area contributed by atoms with E-state index in [1.54, 1.807) is 24.4 Å². The molecule has 0 aliphatic heterocycles. The second-order valence-electron chi connectivity index (χ2n) is 4.28. The highest BCUT2D eigenvalue weighted by Crippen LogP contribution is 2.42. The van der Waals surface area contributed by atoms with Crippen molar-refractivity contribution in [1.82, 2.24) is 9.78 Å². The Balaban J connectivity index is 2.02. The Bertz CT molecular complexity index is 529. The van der Waals surface area contributed by atoms with Crippen LogP contribution in [0.15, 0.2) is 36.7 Å². The zero-order valence-corrected chi connectivity index (χ0v) is 8.73. The molecule has 1 aliphatic rings. The van der Waals surface area contributed by atoms with Gasteiger partial charge < -0.3 is 5.73 Å². The summed E-state index contributed by atoms with van der Waals surface area (Å²) in [5.41, 5.74) is 7.27. The van der Waals surface area contributed by atoms with Gasteiger partial charge in [0, 0.05) is 17.3 Å². The van der Waals surface area contributed by atoms with Gasteiger partial charge in [0.2, 0.25) is 0 Å². The number of benzene rings is 1. The van der Waals surface area contributed by atoms with Crippen molar-refractivity contribution >= 4 is 0 Å². The van der Waals surface area contributed by atoms with Crippen LogP contribution in [0.5, 0.6) is 0 Å². The number of nitrogens with two attached hydrogens (primary N) is 1. The van der Waals surface area contributed by atoms with E-state index >= 15 is 0 Å². The fourth-order valence-corrected chi connectivity index (χ4v) is 1.77. The van der Waals surface area contributed by atoms with Crippen molar-refractivity contribution in [2.75, 3.05) is 0 Å². The van der Waals surface area contributed by atoms with Gasteiger partial charge in [-0.1, -0.05) is 12.1 Å². The summed E-state index contributed by atoms with van der Waals surface area (Å²) in [6.07, 6.45) is 5.50. The minimum Gasteiger partial charge on any atom is -0.321 e. The van der Waals surface area contributed by atoms with E-state index in [0.717, 1.165) is 18.4 Å². The van der Waals surface area contributed by atoms with Crippen LogP contribution in [0.2, 0.25) is 0 Å². The summed E-state index contributed by atoms with van der Waals surface area (Å²) in [5, 5.41) is 4.15. The molecule has 0 atom stereocenters. The summed E-state index contributed by atoms with van der Waals surface area (Å²) >= 11 is 0. The normalized spacial score (nSPS) is 17.4. The van der Waals surface area contributed by atoms with Gasteiger partial charge in [0.1, 0.15) is 11.5 Å². The minimum atomic E-state index is -0.279. The average Bonchev–Trinajstić information content (AvgIpc) is 2.84. The van der Waals surface area contributed by atoms with Gasteiger partial charge in [-0.3, -0.25) is 0 Å². The van der Waals surface area contributed by atoms with Crippen LogP contribution in [0.1, 0.15) is 18.4 Å². The van der Waals surface area contributed by atoms with E-state index < -0.39 is 0 Å². The molecule has 0 amide bonds. The third-order valence-electron chi connectivity index (χ3n) is 3.05. The van der Waals surface area contributed by atoms with E-state index in [1.807, 2.05) is 6.20 Å². The van der Waals surface area contributed by atoms with Crippen molar-refractivity contribution in [3.63, 3.8) is 0 Å². The number of hydrogen-bond acceptors (Lipinski definition) is 2. The van der Waals surface area contributed by atoms with Gasteiger partial charge in [-0.15, -0.1) is 0 Å². The fourth-order valence-electron chi connectivity index (χ4n) is 1.77. The van der Waals surface area contributed by atoms with Crippen LogP contribution in [0, 0.1) is 5.82 Å². The predicted molar refractivity (Wildman–Crippen MR) is 58.6 cm³/mol. The second kappa shape index (κ2) is 3.15. The number of para-hydroxylation sites is 1. The largest absolute Gasteiger partial charge is 0.321 e. The molecular formula is C12H12FN3. The maximum Gasteiger partial charge on any atom is 0.148 e. The van der Waals surface area contributed by atoms with Crippen LogP contribution in [-0.2, 0) is 5.54 Å². The Morgan fingerprint density at radius 3 is 2.75 bits per heavy atom. The number of nitrogens with zero attached hydrogens (tertiary/aromatic N) is 2. The molecule has 0 spiro atoms. The molecule has 2 N–H and O–H groups in total. The first-order valence-electron chi connectivity index (χ1n) is 5.28. The molecule has 2 aromatic rings. The second-order valence-corrected chi connectivity index (χ2v) is 4.28. The Labute approximate surface area is 92.7 Å². The van der Waals surface area contributed by atoms with Crippen LogP contribution >= 0.6 is 0 Å². The zero-order valence-electron chi connectivity index (χ0n) is 8.73. The van der Waals surface area contributed by atoms with Crippen molar-refractivity contribution in [3.8, 4) is 5.69 Å². The summed E-state index contributed by atoms with van der Waals surface area (Å²) in [6, 6.07) is 6.57. The summed E-state index contributed by atoms with van der Waals surface area (Å²) in [7, 11) is 0. The first-order valence-corrected chi connectivity index (χ1v) is 5.28. The molecule has 3 rings (SSSR count). The highest BCUT2D eigenvalue weighted by molar-refractivity contribution is 5.35. The fraction of sp³-hybridized carbons (Fsp3) is 0.250. The predicted octanol–water partition coefficient (Wildman–Crippen LogP) is 1.96. The number of hydrogen-bond donors (Lipinski definition) is 1. The summed E-state index contributed by atoms with van der Waals surface area (Å²) in [5.74, 6) is -0.279. The number of halogens is 1. The van der Waals surface area contributed by atoms with Gasteiger partial charge in [0.05, 0.1) is 6.20 Å². The van der Waals surface area contributed by atoms with E-state index in [2.05, 4.69) is 5.10 Å². The molecule has 0 saturated heterocycles. The van der Waals surface area contributed by atoms with Crippen LogP contribution < -0.4 is 5.73 Å². The quantitative estimate of drug-likeness (QED) is 0.835. The van der Waals surface area contributed by atoms with Gasteiger partial charge in [-0.05, 0) is 25.0 Å². The molecule has 1 aliphatic carbocycles. The first kappa shape index (κ1) is 9.54. The van der Waals surface area contributed by atoms with Gasteiger partial charge in [0.25, 0.3) is 0 Å². The van der Waals surface area contributed by atoms with Gasteiger partial charge in [-0.2, -0.15) is 5.10 Å². The van der Waals surface area contributed by atoms with Crippen molar-refractivity contribution in [2.24, 2.45) is 5.73 Å². The Hall–Kier alpha value is -1.68. The molecule has 1 fully saturated rings. The highest BCUT2D eigenvalue weighted by atomic mass is 19.1. The van der Waals surface area contributed by atoms with Crippen molar-refractivity contribution < 1.29 is 4.39 Å². The van der Waals surface area contributed by atoms with E-state index in [9.17, 15) is 4.39 Å². The molecule has 82 valence electrons. The molecule has 0 radical (unpaired) electrons. The maximum absolute atomic E-state index is 13.5. The van der Waals surface area contributed by atoms with Gasteiger partial charge >= 0.3 is 0 Å². The SMILES string of the molecule is NC1(c2cnn(-c3ccccc3F)c2)CC1. The summed E-state index contributed by atoms with van der Waals surface area (Å²) in [6.45, 7) is 0. The maximum atomic E-state index is 13.5. The average molecular weight is 217 g/mol. The monoisotopic (exact) mass is 217 g/mol. The molecule has 0 unspecified atom stereocenters. The third-order valence-corrected chi connectivity index (χ3v) is 3.05. The van der Waals surface area contributed by atoms with E-state index in [4.69, 9.17) is 5.73 Å². The lowest BCUT2D eigenvalue weighted by Crippen LogP contribution is -2.17. The van der Waals surface area contributed by atoms with Crippen molar-refractivity contribution in [2.45, 2.75) is 18.4 Å². The Morgan fingerprint density at radius 2 is 2.06 bits per heavy atom. The van der Waals surface area contributed by atoms with Gasteiger partial charge in [-0.25, -0.2) is 9.07 Å². The molecule has 3 nitrogen and oxygen atoms in total. The van der Waals surface area contributed by atoms with Gasteiger partial charge in [0.15, 0.2) is 0 Å². The van der Waals surface area contributed by atoms with Crippen molar-refractivity contribution in [1.29, 1.82) is 0 Å². The van der Waals surface area contributed by atoms with Crippen molar-refractivity contribution in [3.05, 3.63) is 48.0 Å². The molecule has 1 aromatic carbocycles. The molecule has 0 bridgehead atoms. The van der Waals surface area contributed by atoms with Crippen LogP contribution in [0.3, 0.4) is 0 Å².